The van der Waals surface area contributed by atoms with Crippen LogP contribution < -0.4 is 5.32 Å². The Morgan fingerprint density at radius 3 is 2.48 bits per heavy atom. The summed E-state index contributed by atoms with van der Waals surface area (Å²) in [6.07, 6.45) is 3.02. The maximum absolute atomic E-state index is 12.8. The molecule has 1 aromatic rings. The van der Waals surface area contributed by atoms with Crippen molar-refractivity contribution in [3.05, 3.63) is 29.8 Å². The summed E-state index contributed by atoms with van der Waals surface area (Å²) in [7, 11) is -1.44. The highest BCUT2D eigenvalue weighted by Gasteiger charge is 2.29. The molecular weight excluding hydrogens is 332 g/mol. The van der Waals surface area contributed by atoms with Gasteiger partial charge in [-0.1, -0.05) is 26.0 Å². The van der Waals surface area contributed by atoms with Gasteiger partial charge in [-0.15, -0.1) is 12.4 Å². The zero-order chi connectivity index (χ0) is 16.2. The Balaban J connectivity index is 0.00000264. The van der Waals surface area contributed by atoms with Crippen LogP contribution in [0, 0.1) is 11.8 Å². The number of rotatable bonds is 6. The largest absolute Gasteiger partial charge is 0.319 e. The molecule has 0 radical (unpaired) electrons. The average Bonchev–Trinajstić information content (AvgIpc) is 2.48. The fourth-order valence-corrected chi connectivity index (χ4v) is 4.67. The number of nitrogens with zero attached hydrogens (tertiary/aromatic N) is 1. The minimum atomic E-state index is -3.35. The van der Waals surface area contributed by atoms with Crippen LogP contribution in [-0.2, 0) is 16.4 Å². The van der Waals surface area contributed by atoms with Gasteiger partial charge in [0, 0.05) is 13.1 Å². The molecule has 1 N–H and O–H groups in total. The van der Waals surface area contributed by atoms with E-state index in [1.54, 1.807) is 16.4 Å². The van der Waals surface area contributed by atoms with E-state index in [1.165, 1.54) is 5.56 Å². The summed E-state index contributed by atoms with van der Waals surface area (Å²) in [5.41, 5.74) is 1.20. The van der Waals surface area contributed by atoms with Crippen LogP contribution in [0.15, 0.2) is 29.2 Å². The molecule has 2 rings (SSSR count). The maximum Gasteiger partial charge on any atom is 0.243 e. The first-order valence-electron chi connectivity index (χ1n) is 8.17. The summed E-state index contributed by atoms with van der Waals surface area (Å²) in [5, 5.41) is 3.15. The van der Waals surface area contributed by atoms with E-state index < -0.39 is 10.0 Å². The van der Waals surface area contributed by atoms with Gasteiger partial charge in [-0.05, 0) is 62.4 Å². The number of nitrogens with one attached hydrogen (secondary N) is 1. The SMILES string of the molecule is CNCC1CCCN(S(=O)(=O)c2ccc(CC(C)C)cc2)C1.Cl. The molecule has 1 fully saturated rings. The quantitative estimate of drug-likeness (QED) is 0.848. The molecule has 1 aromatic carbocycles. The number of benzene rings is 1. The molecule has 6 heteroatoms. The van der Waals surface area contributed by atoms with Crippen molar-refractivity contribution in [3.63, 3.8) is 0 Å². The molecule has 0 spiro atoms. The Morgan fingerprint density at radius 2 is 1.91 bits per heavy atom. The lowest BCUT2D eigenvalue weighted by molar-refractivity contribution is 0.263. The summed E-state index contributed by atoms with van der Waals surface area (Å²) in [6.45, 7) is 6.47. The van der Waals surface area contributed by atoms with E-state index in [0.717, 1.165) is 25.8 Å². The van der Waals surface area contributed by atoms with Crippen LogP contribution in [0.5, 0.6) is 0 Å². The number of halogens is 1. The summed E-state index contributed by atoms with van der Waals surface area (Å²) in [4.78, 5) is 0.421. The van der Waals surface area contributed by atoms with Gasteiger partial charge in [0.2, 0.25) is 10.0 Å². The fraction of sp³-hybridized carbons (Fsp3) is 0.647. The van der Waals surface area contributed by atoms with Crippen molar-refractivity contribution < 1.29 is 8.42 Å². The smallest absolute Gasteiger partial charge is 0.243 e. The molecule has 1 atom stereocenters. The van der Waals surface area contributed by atoms with Gasteiger partial charge >= 0.3 is 0 Å². The summed E-state index contributed by atoms with van der Waals surface area (Å²) < 4.78 is 27.2. The van der Waals surface area contributed by atoms with Crippen molar-refractivity contribution >= 4 is 22.4 Å². The van der Waals surface area contributed by atoms with E-state index in [4.69, 9.17) is 0 Å². The van der Waals surface area contributed by atoms with Crippen molar-refractivity contribution in [2.75, 3.05) is 26.7 Å². The zero-order valence-electron chi connectivity index (χ0n) is 14.3. The molecule has 0 amide bonds. The summed E-state index contributed by atoms with van der Waals surface area (Å²) >= 11 is 0. The van der Waals surface area contributed by atoms with Crippen LogP contribution in [0.25, 0.3) is 0 Å². The highest BCUT2D eigenvalue weighted by atomic mass is 35.5. The van der Waals surface area contributed by atoms with Crippen LogP contribution in [0.1, 0.15) is 32.3 Å². The third-order valence-corrected chi connectivity index (χ3v) is 6.06. The van der Waals surface area contributed by atoms with Crippen molar-refractivity contribution in [1.29, 1.82) is 0 Å². The maximum atomic E-state index is 12.8. The summed E-state index contributed by atoms with van der Waals surface area (Å²) in [5.74, 6) is 0.987. The third kappa shape index (κ3) is 5.45. The first-order chi connectivity index (χ1) is 10.4. The van der Waals surface area contributed by atoms with Crippen molar-refractivity contribution in [2.45, 2.75) is 38.0 Å². The Hall–Kier alpha value is -0.620. The van der Waals surface area contributed by atoms with Gasteiger partial charge < -0.3 is 5.32 Å². The van der Waals surface area contributed by atoms with E-state index in [0.29, 0.717) is 29.8 Å². The Kier molecular flexibility index (Phi) is 8.01. The number of piperidine rings is 1. The van der Waals surface area contributed by atoms with Crippen molar-refractivity contribution in [3.8, 4) is 0 Å². The Labute approximate surface area is 147 Å². The van der Waals surface area contributed by atoms with Crippen LogP contribution in [0.3, 0.4) is 0 Å². The molecule has 1 unspecified atom stereocenters. The zero-order valence-corrected chi connectivity index (χ0v) is 15.9. The van der Waals surface area contributed by atoms with Gasteiger partial charge in [0.1, 0.15) is 0 Å². The highest BCUT2D eigenvalue weighted by Crippen LogP contribution is 2.24. The first-order valence-corrected chi connectivity index (χ1v) is 9.61. The minimum Gasteiger partial charge on any atom is -0.319 e. The lowest BCUT2D eigenvalue weighted by atomic mass is 10.00. The monoisotopic (exact) mass is 360 g/mol. The van der Waals surface area contributed by atoms with E-state index >= 15 is 0 Å². The Bertz CT molecular complexity index is 571. The van der Waals surface area contributed by atoms with Crippen LogP contribution in [-0.4, -0.2) is 39.4 Å². The van der Waals surface area contributed by atoms with E-state index in [9.17, 15) is 8.42 Å². The second-order valence-corrected chi connectivity index (χ2v) is 8.61. The standard InChI is InChI=1S/C17H28N2O2S.ClH/c1-14(2)11-15-6-8-17(9-7-15)22(20,21)19-10-4-5-16(13-19)12-18-3;/h6-9,14,16,18H,4-5,10-13H2,1-3H3;1H. The van der Waals surface area contributed by atoms with Crippen LogP contribution in [0.2, 0.25) is 0 Å². The predicted octanol–water partition coefficient (Wildman–Crippen LogP) is 2.93. The molecule has 1 aliphatic heterocycles. The topological polar surface area (TPSA) is 49.4 Å². The molecule has 0 aromatic heterocycles. The Morgan fingerprint density at radius 1 is 1.26 bits per heavy atom. The van der Waals surface area contributed by atoms with Crippen molar-refractivity contribution in [2.24, 2.45) is 11.8 Å². The van der Waals surface area contributed by atoms with E-state index in [2.05, 4.69) is 19.2 Å². The molecule has 132 valence electrons. The molecule has 23 heavy (non-hydrogen) atoms. The molecule has 0 aliphatic carbocycles. The molecule has 1 saturated heterocycles. The third-order valence-electron chi connectivity index (χ3n) is 4.18. The van der Waals surface area contributed by atoms with E-state index in [-0.39, 0.29) is 12.4 Å². The van der Waals surface area contributed by atoms with Gasteiger partial charge in [-0.3, -0.25) is 0 Å². The van der Waals surface area contributed by atoms with Gasteiger partial charge in [-0.2, -0.15) is 4.31 Å². The molecule has 4 nitrogen and oxygen atoms in total. The molecule has 1 heterocycles. The van der Waals surface area contributed by atoms with Gasteiger partial charge in [0.05, 0.1) is 4.90 Å². The summed E-state index contributed by atoms with van der Waals surface area (Å²) in [6, 6.07) is 7.41. The number of hydrogen-bond acceptors (Lipinski definition) is 3. The lowest BCUT2D eigenvalue weighted by Crippen LogP contribution is -2.42. The van der Waals surface area contributed by atoms with E-state index in [1.807, 2.05) is 19.2 Å². The van der Waals surface area contributed by atoms with Crippen LogP contribution in [0.4, 0.5) is 0 Å². The average molecular weight is 361 g/mol. The fourth-order valence-electron chi connectivity index (χ4n) is 3.12. The van der Waals surface area contributed by atoms with Gasteiger partial charge in [0.25, 0.3) is 0 Å². The van der Waals surface area contributed by atoms with Crippen LogP contribution >= 0.6 is 12.4 Å². The molecule has 0 saturated carbocycles. The van der Waals surface area contributed by atoms with Gasteiger partial charge in [0.15, 0.2) is 0 Å². The highest BCUT2D eigenvalue weighted by molar-refractivity contribution is 7.89. The number of hydrogen-bond donors (Lipinski definition) is 1. The second kappa shape index (κ2) is 9.02. The molecular formula is C17H29ClN2O2S. The lowest BCUT2D eigenvalue weighted by Gasteiger charge is -2.31. The first kappa shape index (κ1) is 20.4. The second-order valence-electron chi connectivity index (χ2n) is 6.67. The molecule has 0 bridgehead atoms. The molecule has 1 aliphatic rings. The predicted molar refractivity (Wildman–Crippen MR) is 97.6 cm³/mol. The van der Waals surface area contributed by atoms with Gasteiger partial charge in [-0.25, -0.2) is 8.42 Å². The number of sulfonamides is 1. The normalized spacial score (nSPS) is 19.6. The minimum absolute atomic E-state index is 0. The van der Waals surface area contributed by atoms with Crippen molar-refractivity contribution in [1.82, 2.24) is 9.62 Å².